The Labute approximate surface area is 61.8 Å². The quantitative estimate of drug-likeness (QED) is 0.567. The fraction of sp³-hybridized carbons (Fsp3) is 1.00. The number of hydrogen-bond donors (Lipinski definition) is 0. The molecular formula is C9H14O. The highest BCUT2D eigenvalue weighted by molar-refractivity contribution is 5.36. The van der Waals surface area contributed by atoms with Gasteiger partial charge in [0.1, 0.15) is 0 Å². The van der Waals surface area contributed by atoms with Crippen LogP contribution in [0, 0.1) is 10.8 Å². The largest absolute Gasteiger partial charge is 0.377 e. The molecule has 3 fully saturated rings. The third kappa shape index (κ3) is 0.378. The van der Waals surface area contributed by atoms with Crippen molar-refractivity contribution >= 4 is 0 Å². The van der Waals surface area contributed by atoms with Gasteiger partial charge in [0.15, 0.2) is 0 Å². The normalized spacial score (nSPS) is 42.3. The summed E-state index contributed by atoms with van der Waals surface area (Å²) in [5.41, 5.74) is 1.51. The van der Waals surface area contributed by atoms with Gasteiger partial charge in [-0.3, -0.25) is 0 Å². The second-order valence-corrected chi connectivity index (χ2v) is 4.15. The van der Waals surface area contributed by atoms with Crippen LogP contribution in [0.1, 0.15) is 32.6 Å². The standard InChI is InChI=1S/C9H14O/c1-2-10-7-8(3-4-8)9(7)5-6-9/h7H,2-6H2,1H3. The van der Waals surface area contributed by atoms with Crippen molar-refractivity contribution in [3.05, 3.63) is 0 Å². The summed E-state index contributed by atoms with van der Waals surface area (Å²) in [5, 5.41) is 0. The molecule has 0 bridgehead atoms. The van der Waals surface area contributed by atoms with Crippen LogP contribution in [0.2, 0.25) is 0 Å². The molecule has 0 aromatic heterocycles. The Morgan fingerprint density at radius 2 is 1.70 bits per heavy atom. The highest BCUT2D eigenvalue weighted by Crippen LogP contribution is 2.89. The van der Waals surface area contributed by atoms with Crippen molar-refractivity contribution in [1.29, 1.82) is 0 Å². The lowest BCUT2D eigenvalue weighted by molar-refractivity contribution is 0.108. The summed E-state index contributed by atoms with van der Waals surface area (Å²) in [7, 11) is 0. The molecule has 0 radical (unpaired) electrons. The summed E-state index contributed by atoms with van der Waals surface area (Å²) in [6.07, 6.45) is 6.58. The molecule has 3 saturated carbocycles. The summed E-state index contributed by atoms with van der Waals surface area (Å²) >= 11 is 0. The minimum absolute atomic E-state index is 0.699. The van der Waals surface area contributed by atoms with Crippen LogP contribution in [0.4, 0.5) is 0 Å². The van der Waals surface area contributed by atoms with E-state index >= 15 is 0 Å². The van der Waals surface area contributed by atoms with E-state index in [0.29, 0.717) is 6.10 Å². The van der Waals surface area contributed by atoms with Crippen LogP contribution >= 0.6 is 0 Å². The number of rotatable bonds is 2. The van der Waals surface area contributed by atoms with Crippen molar-refractivity contribution in [2.24, 2.45) is 10.8 Å². The van der Waals surface area contributed by atoms with E-state index < -0.39 is 0 Å². The minimum Gasteiger partial charge on any atom is -0.377 e. The zero-order chi connectivity index (χ0) is 6.82. The van der Waals surface area contributed by atoms with Crippen LogP contribution in [-0.4, -0.2) is 12.7 Å². The molecule has 0 saturated heterocycles. The molecular weight excluding hydrogens is 124 g/mol. The number of hydrogen-bond acceptors (Lipinski definition) is 1. The van der Waals surface area contributed by atoms with Gasteiger partial charge in [0.2, 0.25) is 0 Å². The summed E-state index contributed by atoms with van der Waals surface area (Å²) < 4.78 is 5.71. The molecule has 3 rings (SSSR count). The molecule has 3 aliphatic carbocycles. The average Bonchev–Trinajstić information content (AvgIpc) is 2.78. The van der Waals surface area contributed by atoms with Crippen LogP contribution in [0.3, 0.4) is 0 Å². The Morgan fingerprint density at radius 3 is 2.00 bits per heavy atom. The van der Waals surface area contributed by atoms with E-state index in [9.17, 15) is 0 Å². The molecule has 3 aliphatic rings. The number of fused-ring (bicyclic) bond motifs is 1. The Balaban J connectivity index is 1.78. The monoisotopic (exact) mass is 138 g/mol. The van der Waals surface area contributed by atoms with Gasteiger partial charge in [-0.25, -0.2) is 0 Å². The van der Waals surface area contributed by atoms with Gasteiger partial charge < -0.3 is 4.74 Å². The molecule has 0 aromatic carbocycles. The van der Waals surface area contributed by atoms with Gasteiger partial charge in [-0.05, 0) is 32.6 Å². The Morgan fingerprint density at radius 1 is 1.20 bits per heavy atom. The highest BCUT2D eigenvalue weighted by atomic mass is 16.5. The first kappa shape index (κ1) is 5.59. The number of ether oxygens (including phenoxy) is 1. The van der Waals surface area contributed by atoms with E-state index in [0.717, 1.165) is 17.4 Å². The molecule has 0 atom stereocenters. The lowest BCUT2D eigenvalue weighted by Gasteiger charge is -1.94. The Hall–Kier alpha value is -0.0400. The molecule has 10 heavy (non-hydrogen) atoms. The molecule has 1 nitrogen and oxygen atoms in total. The SMILES string of the molecule is CCOC1C2(CC2)C12CC2. The van der Waals surface area contributed by atoms with Crippen LogP contribution in [0.5, 0.6) is 0 Å². The smallest absolute Gasteiger partial charge is 0.0699 e. The molecule has 0 aliphatic heterocycles. The van der Waals surface area contributed by atoms with E-state index in [-0.39, 0.29) is 0 Å². The Kier molecular flexibility index (Phi) is 0.722. The molecule has 1 heteroatoms. The van der Waals surface area contributed by atoms with Crippen LogP contribution in [0.15, 0.2) is 0 Å². The van der Waals surface area contributed by atoms with Crippen molar-refractivity contribution in [3.8, 4) is 0 Å². The maximum absolute atomic E-state index is 5.71. The zero-order valence-electron chi connectivity index (χ0n) is 6.52. The molecule has 0 heterocycles. The van der Waals surface area contributed by atoms with Crippen molar-refractivity contribution in [1.82, 2.24) is 0 Å². The first-order chi connectivity index (χ1) is 4.86. The molecule has 2 spiro atoms. The van der Waals surface area contributed by atoms with E-state index in [4.69, 9.17) is 4.74 Å². The van der Waals surface area contributed by atoms with Gasteiger partial charge in [0.25, 0.3) is 0 Å². The lowest BCUT2D eigenvalue weighted by atomic mass is 10.3. The molecule has 0 unspecified atom stereocenters. The van der Waals surface area contributed by atoms with Gasteiger partial charge >= 0.3 is 0 Å². The third-order valence-corrected chi connectivity index (χ3v) is 3.82. The topological polar surface area (TPSA) is 9.23 Å². The Bertz CT molecular complexity index is 159. The first-order valence-corrected chi connectivity index (χ1v) is 4.47. The van der Waals surface area contributed by atoms with E-state index in [1.54, 1.807) is 0 Å². The third-order valence-electron chi connectivity index (χ3n) is 3.82. The van der Waals surface area contributed by atoms with Gasteiger partial charge in [0, 0.05) is 17.4 Å². The van der Waals surface area contributed by atoms with E-state index in [1.165, 1.54) is 25.7 Å². The van der Waals surface area contributed by atoms with E-state index in [1.807, 2.05) is 0 Å². The fourth-order valence-electron chi connectivity index (χ4n) is 2.97. The molecule has 0 amide bonds. The van der Waals surface area contributed by atoms with Crippen molar-refractivity contribution in [3.63, 3.8) is 0 Å². The molecule has 0 N–H and O–H groups in total. The maximum Gasteiger partial charge on any atom is 0.0699 e. The zero-order valence-corrected chi connectivity index (χ0v) is 6.52. The summed E-state index contributed by atoms with van der Waals surface area (Å²) in [4.78, 5) is 0. The van der Waals surface area contributed by atoms with Gasteiger partial charge in [-0.1, -0.05) is 0 Å². The molecule has 56 valence electrons. The minimum atomic E-state index is 0.699. The van der Waals surface area contributed by atoms with Gasteiger partial charge in [-0.2, -0.15) is 0 Å². The summed E-state index contributed by atoms with van der Waals surface area (Å²) in [6, 6.07) is 0. The van der Waals surface area contributed by atoms with E-state index in [2.05, 4.69) is 6.92 Å². The predicted molar refractivity (Wildman–Crippen MR) is 38.7 cm³/mol. The van der Waals surface area contributed by atoms with Crippen LogP contribution < -0.4 is 0 Å². The second kappa shape index (κ2) is 1.29. The van der Waals surface area contributed by atoms with Crippen molar-refractivity contribution in [2.45, 2.75) is 38.7 Å². The van der Waals surface area contributed by atoms with Gasteiger partial charge in [0.05, 0.1) is 6.10 Å². The van der Waals surface area contributed by atoms with Gasteiger partial charge in [-0.15, -0.1) is 0 Å². The highest BCUT2D eigenvalue weighted by Gasteiger charge is 2.87. The van der Waals surface area contributed by atoms with Crippen molar-refractivity contribution in [2.75, 3.05) is 6.61 Å². The molecule has 0 aromatic rings. The van der Waals surface area contributed by atoms with Crippen LogP contribution in [-0.2, 0) is 4.74 Å². The summed E-state index contributed by atoms with van der Waals surface area (Å²) in [5.74, 6) is 0. The maximum atomic E-state index is 5.71. The summed E-state index contributed by atoms with van der Waals surface area (Å²) in [6.45, 7) is 3.04. The average molecular weight is 138 g/mol. The van der Waals surface area contributed by atoms with Crippen LogP contribution in [0.25, 0.3) is 0 Å². The fourth-order valence-corrected chi connectivity index (χ4v) is 2.97. The second-order valence-electron chi connectivity index (χ2n) is 4.15. The predicted octanol–water partition coefficient (Wildman–Crippen LogP) is 1.97. The first-order valence-electron chi connectivity index (χ1n) is 4.47. The van der Waals surface area contributed by atoms with Crippen molar-refractivity contribution < 1.29 is 4.74 Å². The lowest BCUT2D eigenvalue weighted by Crippen LogP contribution is -1.96.